The third kappa shape index (κ3) is 2.32. The number of nitrogens with one attached hydrogen (secondary N) is 2. The number of rotatable bonds is 2. The first-order valence-electron chi connectivity index (χ1n) is 7.06. The number of hydrogen-bond acceptors (Lipinski definition) is 2. The van der Waals surface area contributed by atoms with Crippen LogP contribution in [0.4, 0.5) is 10.5 Å². The summed E-state index contributed by atoms with van der Waals surface area (Å²) in [6.45, 7) is 0. The van der Waals surface area contributed by atoms with Gasteiger partial charge in [0.15, 0.2) is 0 Å². The second kappa shape index (κ2) is 4.85. The third-order valence-electron chi connectivity index (χ3n) is 4.04. The van der Waals surface area contributed by atoms with Gasteiger partial charge < -0.3 is 5.32 Å². The van der Waals surface area contributed by atoms with Crippen LogP contribution in [-0.2, 0) is 25.7 Å². The van der Waals surface area contributed by atoms with Gasteiger partial charge in [0.25, 0.3) is 0 Å². The number of fused-ring (bicyclic) bond motifs is 2. The molecule has 0 atom stereocenters. The zero-order chi connectivity index (χ0) is 13.4. The van der Waals surface area contributed by atoms with Crippen LogP contribution in [0.25, 0.3) is 0 Å². The average molecular weight is 259 g/mol. The second-order valence-corrected chi connectivity index (χ2v) is 5.69. The van der Waals surface area contributed by atoms with Crippen molar-refractivity contribution >= 4 is 11.7 Å². The van der Waals surface area contributed by atoms with E-state index in [0.29, 0.717) is 0 Å². The van der Waals surface area contributed by atoms with Crippen LogP contribution in [0.2, 0.25) is 0 Å². The van der Waals surface area contributed by atoms with E-state index in [-0.39, 0.29) is 6.03 Å². The summed E-state index contributed by atoms with van der Waals surface area (Å²) >= 11 is 0. The standard InChI is InChI=1S/C15H21N3O/c1-18(2)17-15(19)16-14-12-7-3-5-10(12)9-11-6-4-8-13(11)14/h9H,3-8H2,1-2H3,(H2,16,17,19). The molecule has 0 unspecified atom stereocenters. The van der Waals surface area contributed by atoms with Gasteiger partial charge in [-0.25, -0.2) is 9.80 Å². The molecular weight excluding hydrogens is 238 g/mol. The number of hydrogen-bond donors (Lipinski definition) is 2. The van der Waals surface area contributed by atoms with Crippen molar-refractivity contribution in [2.24, 2.45) is 0 Å². The molecule has 4 heteroatoms. The Bertz CT molecular complexity index is 490. The fraction of sp³-hybridized carbons (Fsp3) is 0.533. The Morgan fingerprint density at radius 3 is 2.16 bits per heavy atom. The van der Waals surface area contributed by atoms with Crippen molar-refractivity contribution in [1.29, 1.82) is 0 Å². The molecule has 2 aliphatic carbocycles. The van der Waals surface area contributed by atoms with Crippen molar-refractivity contribution in [2.45, 2.75) is 38.5 Å². The molecule has 102 valence electrons. The van der Waals surface area contributed by atoms with Crippen molar-refractivity contribution in [1.82, 2.24) is 10.4 Å². The molecule has 0 spiro atoms. The number of urea groups is 1. The summed E-state index contributed by atoms with van der Waals surface area (Å²) in [5, 5.41) is 4.75. The van der Waals surface area contributed by atoms with Crippen molar-refractivity contribution in [3.63, 3.8) is 0 Å². The van der Waals surface area contributed by atoms with Gasteiger partial charge in [-0.05, 0) is 60.8 Å². The van der Waals surface area contributed by atoms with E-state index in [1.54, 1.807) is 5.01 Å². The summed E-state index contributed by atoms with van der Waals surface area (Å²) in [5.41, 5.74) is 9.49. The van der Waals surface area contributed by atoms with Gasteiger partial charge in [-0.1, -0.05) is 6.07 Å². The molecule has 0 aliphatic heterocycles. The normalized spacial score (nSPS) is 16.4. The molecule has 0 saturated heterocycles. The van der Waals surface area contributed by atoms with Crippen LogP contribution in [0.15, 0.2) is 6.07 Å². The highest BCUT2D eigenvalue weighted by Gasteiger charge is 2.24. The Kier molecular flexibility index (Phi) is 3.19. The van der Waals surface area contributed by atoms with Gasteiger partial charge >= 0.3 is 6.03 Å². The van der Waals surface area contributed by atoms with Gasteiger partial charge in [-0.2, -0.15) is 0 Å². The molecule has 3 rings (SSSR count). The van der Waals surface area contributed by atoms with Crippen molar-refractivity contribution < 1.29 is 4.79 Å². The Morgan fingerprint density at radius 2 is 1.63 bits per heavy atom. The fourth-order valence-corrected chi connectivity index (χ4v) is 3.31. The van der Waals surface area contributed by atoms with Crippen molar-refractivity contribution in [3.05, 3.63) is 28.3 Å². The first kappa shape index (κ1) is 12.5. The maximum Gasteiger partial charge on any atom is 0.333 e. The van der Waals surface area contributed by atoms with E-state index in [4.69, 9.17) is 0 Å². The molecule has 0 fully saturated rings. The van der Waals surface area contributed by atoms with E-state index in [1.165, 1.54) is 35.1 Å². The van der Waals surface area contributed by atoms with Crippen LogP contribution in [0, 0.1) is 0 Å². The third-order valence-corrected chi connectivity index (χ3v) is 4.04. The number of nitrogens with zero attached hydrogens (tertiary/aromatic N) is 1. The van der Waals surface area contributed by atoms with E-state index < -0.39 is 0 Å². The highest BCUT2D eigenvalue weighted by atomic mass is 16.2. The maximum atomic E-state index is 12.0. The first-order valence-corrected chi connectivity index (χ1v) is 7.06. The van der Waals surface area contributed by atoms with E-state index >= 15 is 0 Å². The lowest BCUT2D eigenvalue weighted by molar-refractivity contribution is 0.224. The topological polar surface area (TPSA) is 44.4 Å². The first-order chi connectivity index (χ1) is 9.15. The molecule has 2 aliphatic rings. The zero-order valence-electron chi connectivity index (χ0n) is 11.7. The SMILES string of the molecule is CN(C)NC(=O)Nc1c2c(cc3c1CCC3)CCC2. The second-order valence-electron chi connectivity index (χ2n) is 5.69. The highest BCUT2D eigenvalue weighted by Crippen LogP contribution is 2.38. The van der Waals surface area contributed by atoms with Gasteiger partial charge in [0.2, 0.25) is 0 Å². The fourth-order valence-electron chi connectivity index (χ4n) is 3.31. The van der Waals surface area contributed by atoms with Gasteiger partial charge in [-0.3, -0.25) is 5.43 Å². The van der Waals surface area contributed by atoms with Crippen LogP contribution < -0.4 is 10.7 Å². The predicted octanol–water partition coefficient (Wildman–Crippen LogP) is 2.26. The smallest absolute Gasteiger partial charge is 0.306 e. The van der Waals surface area contributed by atoms with Gasteiger partial charge in [0.1, 0.15) is 0 Å². The van der Waals surface area contributed by atoms with E-state index in [9.17, 15) is 4.79 Å². The average Bonchev–Trinajstić information content (AvgIpc) is 2.94. The lowest BCUT2D eigenvalue weighted by atomic mass is 9.99. The van der Waals surface area contributed by atoms with E-state index in [0.717, 1.165) is 31.4 Å². The number of carbonyl (C=O) groups excluding carboxylic acids is 1. The minimum atomic E-state index is -0.139. The van der Waals surface area contributed by atoms with Crippen molar-refractivity contribution in [2.75, 3.05) is 19.4 Å². The number of amides is 2. The minimum Gasteiger partial charge on any atom is -0.306 e. The molecule has 2 N–H and O–H groups in total. The van der Waals surface area contributed by atoms with Crippen LogP contribution in [0.3, 0.4) is 0 Å². The van der Waals surface area contributed by atoms with Crippen LogP contribution in [0.1, 0.15) is 35.1 Å². The van der Waals surface area contributed by atoms with Gasteiger partial charge in [0, 0.05) is 19.8 Å². The molecule has 0 radical (unpaired) electrons. The predicted molar refractivity (Wildman–Crippen MR) is 76.3 cm³/mol. The van der Waals surface area contributed by atoms with Gasteiger partial charge in [-0.15, -0.1) is 0 Å². The number of anilines is 1. The number of benzene rings is 1. The summed E-state index contributed by atoms with van der Waals surface area (Å²) in [7, 11) is 3.64. The summed E-state index contributed by atoms with van der Waals surface area (Å²) in [5.74, 6) is 0. The maximum absolute atomic E-state index is 12.0. The Labute approximate surface area is 114 Å². The molecule has 4 nitrogen and oxygen atoms in total. The molecule has 0 bridgehead atoms. The summed E-state index contributed by atoms with van der Waals surface area (Å²) in [6, 6.07) is 2.24. The lowest BCUT2D eigenvalue weighted by Gasteiger charge is -2.18. The summed E-state index contributed by atoms with van der Waals surface area (Å²) < 4.78 is 0. The Morgan fingerprint density at radius 1 is 1.05 bits per heavy atom. The molecule has 0 saturated carbocycles. The lowest BCUT2D eigenvalue weighted by Crippen LogP contribution is -2.39. The van der Waals surface area contributed by atoms with E-state index in [1.807, 2.05) is 14.1 Å². The largest absolute Gasteiger partial charge is 0.333 e. The molecule has 1 aromatic carbocycles. The Balaban J connectivity index is 1.94. The number of hydrazine groups is 1. The molecule has 19 heavy (non-hydrogen) atoms. The molecule has 1 aromatic rings. The molecule has 2 amide bonds. The molecule has 0 heterocycles. The minimum absolute atomic E-state index is 0.139. The van der Waals surface area contributed by atoms with Crippen LogP contribution in [-0.4, -0.2) is 25.1 Å². The Hall–Kier alpha value is -1.55. The number of carbonyl (C=O) groups is 1. The molecule has 0 aromatic heterocycles. The zero-order valence-corrected chi connectivity index (χ0v) is 11.7. The van der Waals surface area contributed by atoms with E-state index in [2.05, 4.69) is 16.8 Å². The number of aryl methyl sites for hydroxylation is 2. The summed E-state index contributed by atoms with van der Waals surface area (Å²) in [6.07, 6.45) is 6.93. The molecular formula is C15H21N3O. The summed E-state index contributed by atoms with van der Waals surface area (Å²) in [4.78, 5) is 12.0. The van der Waals surface area contributed by atoms with Crippen molar-refractivity contribution in [3.8, 4) is 0 Å². The van der Waals surface area contributed by atoms with Gasteiger partial charge in [0.05, 0.1) is 0 Å². The highest BCUT2D eigenvalue weighted by molar-refractivity contribution is 5.91. The quantitative estimate of drug-likeness (QED) is 0.800. The van der Waals surface area contributed by atoms with Crippen LogP contribution >= 0.6 is 0 Å². The monoisotopic (exact) mass is 259 g/mol. The van der Waals surface area contributed by atoms with Crippen LogP contribution in [0.5, 0.6) is 0 Å².